The lowest BCUT2D eigenvalue weighted by Gasteiger charge is -2.22. The monoisotopic (exact) mass is 316 g/mol. The number of H-pyrrole nitrogens is 1. The van der Waals surface area contributed by atoms with Crippen LogP contribution in [-0.4, -0.2) is 20.7 Å². The van der Waals surface area contributed by atoms with Crippen LogP contribution in [0.15, 0.2) is 43.0 Å². The molecule has 0 aliphatic heterocycles. The number of nitrogens with one attached hydrogen (secondary N) is 2. The molecule has 0 saturated heterocycles. The van der Waals surface area contributed by atoms with E-state index in [0.29, 0.717) is 22.7 Å². The van der Waals surface area contributed by atoms with Crippen LogP contribution in [0, 0.1) is 10.7 Å². The lowest BCUT2D eigenvalue weighted by molar-refractivity contribution is 0.0922. The molecule has 1 amide bonds. The van der Waals surface area contributed by atoms with Crippen molar-refractivity contribution in [1.29, 1.82) is 0 Å². The van der Waals surface area contributed by atoms with Gasteiger partial charge in [0.05, 0.1) is 6.04 Å². The molecule has 2 rings (SSSR count). The van der Waals surface area contributed by atoms with Crippen LogP contribution in [0.1, 0.15) is 36.1 Å². The molecule has 1 aromatic heterocycles. The van der Waals surface area contributed by atoms with E-state index in [1.165, 1.54) is 0 Å². The Hall–Kier alpha value is -2.21. The van der Waals surface area contributed by atoms with Crippen molar-refractivity contribution in [2.24, 2.45) is 5.92 Å². The number of allylic oxidation sites excluding steroid dienone is 1. The van der Waals surface area contributed by atoms with Gasteiger partial charge in [0.25, 0.3) is 5.91 Å². The molecule has 1 heterocycles. The van der Waals surface area contributed by atoms with Gasteiger partial charge in [-0.15, -0.1) is 6.58 Å². The summed E-state index contributed by atoms with van der Waals surface area (Å²) in [6.45, 7) is 8.35. The minimum atomic E-state index is -0.236. The van der Waals surface area contributed by atoms with E-state index < -0.39 is 0 Å². The zero-order chi connectivity index (χ0) is 16.1. The van der Waals surface area contributed by atoms with Crippen LogP contribution < -0.4 is 5.32 Å². The molecule has 2 N–H and O–H groups in total. The van der Waals surface area contributed by atoms with Gasteiger partial charge in [-0.2, -0.15) is 5.10 Å². The molecule has 0 saturated carbocycles. The topological polar surface area (TPSA) is 62.7 Å². The van der Waals surface area contributed by atoms with Gasteiger partial charge in [0.15, 0.2) is 10.6 Å². The normalized spacial score (nSPS) is 12.1. The first-order valence-electron chi connectivity index (χ1n) is 7.16. The van der Waals surface area contributed by atoms with Gasteiger partial charge in [-0.3, -0.25) is 14.5 Å². The summed E-state index contributed by atoms with van der Waals surface area (Å²) in [6, 6.07) is 8.90. The fourth-order valence-corrected chi connectivity index (χ4v) is 2.43. The second-order valence-corrected chi connectivity index (χ2v) is 5.73. The van der Waals surface area contributed by atoms with Crippen molar-refractivity contribution in [2.45, 2.75) is 26.4 Å². The van der Waals surface area contributed by atoms with E-state index in [0.717, 1.165) is 0 Å². The Labute approximate surface area is 135 Å². The molecule has 0 aliphatic rings. The zero-order valence-corrected chi connectivity index (χ0v) is 13.6. The quantitative estimate of drug-likeness (QED) is 0.635. The number of hydrogen-bond donors (Lipinski definition) is 2. The van der Waals surface area contributed by atoms with Crippen LogP contribution in [0.4, 0.5) is 0 Å². The van der Waals surface area contributed by atoms with Crippen LogP contribution in [0.25, 0.3) is 0 Å². The Morgan fingerprint density at radius 1 is 1.45 bits per heavy atom. The molecule has 1 aromatic carbocycles. The first-order chi connectivity index (χ1) is 10.5. The highest BCUT2D eigenvalue weighted by Crippen LogP contribution is 2.21. The van der Waals surface area contributed by atoms with Gasteiger partial charge in [0, 0.05) is 12.1 Å². The molecule has 2 aromatic rings. The number of carbonyl (C=O) groups is 1. The first-order valence-corrected chi connectivity index (χ1v) is 7.57. The van der Waals surface area contributed by atoms with Gasteiger partial charge < -0.3 is 5.32 Å². The van der Waals surface area contributed by atoms with Crippen LogP contribution >= 0.6 is 12.2 Å². The molecule has 6 heteroatoms. The molecular weight excluding hydrogens is 296 g/mol. The van der Waals surface area contributed by atoms with E-state index in [2.05, 4.69) is 22.1 Å². The predicted octanol–water partition coefficient (Wildman–Crippen LogP) is 3.25. The SMILES string of the molecule is C=CCn1c([C@@H](NC(=O)c2ccccc2)C(C)C)n[nH]c1=S. The summed E-state index contributed by atoms with van der Waals surface area (Å²) in [5, 5.41) is 10.1. The van der Waals surface area contributed by atoms with E-state index in [4.69, 9.17) is 12.2 Å². The second-order valence-electron chi connectivity index (χ2n) is 5.35. The van der Waals surface area contributed by atoms with Crippen molar-refractivity contribution >= 4 is 18.1 Å². The summed E-state index contributed by atoms with van der Waals surface area (Å²) in [5.41, 5.74) is 0.623. The van der Waals surface area contributed by atoms with Crippen LogP contribution in [-0.2, 0) is 6.54 Å². The average Bonchev–Trinajstić information content (AvgIpc) is 2.87. The summed E-state index contributed by atoms with van der Waals surface area (Å²) >= 11 is 5.24. The highest BCUT2D eigenvalue weighted by atomic mass is 32.1. The summed E-state index contributed by atoms with van der Waals surface area (Å²) in [7, 11) is 0. The van der Waals surface area contributed by atoms with Crippen molar-refractivity contribution in [3.8, 4) is 0 Å². The number of aromatic nitrogens is 3. The van der Waals surface area contributed by atoms with Crippen LogP contribution in [0.3, 0.4) is 0 Å². The number of carbonyl (C=O) groups excluding carboxylic acids is 1. The van der Waals surface area contributed by atoms with Gasteiger partial charge in [-0.05, 0) is 30.3 Å². The van der Waals surface area contributed by atoms with Gasteiger partial charge >= 0.3 is 0 Å². The molecular formula is C16H20N4OS. The van der Waals surface area contributed by atoms with E-state index in [-0.39, 0.29) is 17.9 Å². The molecule has 116 valence electrons. The zero-order valence-electron chi connectivity index (χ0n) is 12.7. The molecule has 0 aliphatic carbocycles. The lowest BCUT2D eigenvalue weighted by atomic mass is 10.0. The summed E-state index contributed by atoms with van der Waals surface area (Å²) in [4.78, 5) is 12.4. The van der Waals surface area contributed by atoms with Gasteiger partial charge in [-0.1, -0.05) is 38.1 Å². The lowest BCUT2D eigenvalue weighted by Crippen LogP contribution is -2.33. The minimum Gasteiger partial charge on any atom is -0.342 e. The third-order valence-corrected chi connectivity index (χ3v) is 3.68. The number of rotatable bonds is 6. The van der Waals surface area contributed by atoms with Gasteiger partial charge in [0.1, 0.15) is 0 Å². The van der Waals surface area contributed by atoms with E-state index >= 15 is 0 Å². The Bertz CT molecular complexity index is 702. The summed E-state index contributed by atoms with van der Waals surface area (Å²) in [6.07, 6.45) is 1.76. The molecule has 0 fully saturated rings. The molecule has 22 heavy (non-hydrogen) atoms. The Balaban J connectivity index is 2.30. The number of benzene rings is 1. The maximum atomic E-state index is 12.4. The van der Waals surface area contributed by atoms with Crippen molar-refractivity contribution in [1.82, 2.24) is 20.1 Å². The van der Waals surface area contributed by atoms with Crippen molar-refractivity contribution in [3.63, 3.8) is 0 Å². The maximum absolute atomic E-state index is 12.4. The molecule has 0 radical (unpaired) electrons. The number of aromatic amines is 1. The predicted molar refractivity (Wildman–Crippen MR) is 89.1 cm³/mol. The summed E-state index contributed by atoms with van der Waals surface area (Å²) < 4.78 is 2.37. The van der Waals surface area contributed by atoms with Crippen molar-refractivity contribution in [2.75, 3.05) is 0 Å². The number of nitrogens with zero attached hydrogens (tertiary/aromatic N) is 2. The smallest absolute Gasteiger partial charge is 0.251 e. The summed E-state index contributed by atoms with van der Waals surface area (Å²) in [5.74, 6) is 0.754. The van der Waals surface area contributed by atoms with E-state index in [1.807, 2.05) is 36.6 Å². The third-order valence-electron chi connectivity index (χ3n) is 3.37. The standard InChI is InChI=1S/C16H20N4OS/c1-4-10-20-14(18-19-16(20)22)13(11(2)3)17-15(21)12-8-6-5-7-9-12/h4-9,11,13H,1,10H2,2-3H3,(H,17,21)(H,19,22)/t13-/m0/s1. The first kappa shape index (κ1) is 16.2. The molecule has 1 atom stereocenters. The third kappa shape index (κ3) is 3.51. The molecule has 5 nitrogen and oxygen atoms in total. The minimum absolute atomic E-state index is 0.127. The van der Waals surface area contributed by atoms with E-state index in [1.54, 1.807) is 18.2 Å². The van der Waals surface area contributed by atoms with Gasteiger partial charge in [0.2, 0.25) is 0 Å². The average molecular weight is 316 g/mol. The molecule has 0 spiro atoms. The fourth-order valence-electron chi connectivity index (χ4n) is 2.22. The van der Waals surface area contributed by atoms with Crippen LogP contribution in [0.2, 0.25) is 0 Å². The van der Waals surface area contributed by atoms with Gasteiger partial charge in [-0.25, -0.2) is 0 Å². The molecule has 0 unspecified atom stereocenters. The largest absolute Gasteiger partial charge is 0.342 e. The van der Waals surface area contributed by atoms with Crippen molar-refractivity contribution < 1.29 is 4.79 Å². The maximum Gasteiger partial charge on any atom is 0.251 e. The molecule has 0 bridgehead atoms. The highest BCUT2D eigenvalue weighted by molar-refractivity contribution is 7.71. The van der Waals surface area contributed by atoms with E-state index in [9.17, 15) is 4.79 Å². The fraction of sp³-hybridized carbons (Fsp3) is 0.312. The number of hydrogen-bond acceptors (Lipinski definition) is 3. The van der Waals surface area contributed by atoms with Crippen molar-refractivity contribution in [3.05, 3.63) is 59.1 Å². The van der Waals surface area contributed by atoms with Crippen LogP contribution in [0.5, 0.6) is 0 Å². The highest BCUT2D eigenvalue weighted by Gasteiger charge is 2.24. The second kappa shape index (κ2) is 7.17. The Kier molecular flexibility index (Phi) is 5.27. The Morgan fingerprint density at radius 3 is 2.73 bits per heavy atom. The number of amides is 1. The Morgan fingerprint density at radius 2 is 2.14 bits per heavy atom.